The van der Waals surface area contributed by atoms with Crippen molar-refractivity contribution in [1.29, 1.82) is 0 Å². The first kappa shape index (κ1) is 17.7. The smallest absolute Gasteiger partial charge is 0.340 e. The molecule has 1 aliphatic heterocycles. The molecule has 2 rings (SSSR count). The summed E-state index contributed by atoms with van der Waals surface area (Å²) in [5, 5.41) is 3.18. The Hall–Kier alpha value is -1.60. The van der Waals surface area contributed by atoms with Gasteiger partial charge in [-0.05, 0) is 18.7 Å². The average molecular weight is 329 g/mol. The van der Waals surface area contributed by atoms with Gasteiger partial charge in [0.15, 0.2) is 0 Å². The standard InChI is InChI=1S/C16H22F3N3O/c1-21(9-6-15(23)22-10-7-20-8-11-22)12-13-4-2-3-5-14(13)16(17,18)19/h2-5,20H,6-12H2,1H3. The number of nitrogens with zero attached hydrogens (tertiary/aromatic N) is 2. The molecule has 0 aromatic heterocycles. The number of piperazine rings is 1. The topological polar surface area (TPSA) is 35.6 Å². The van der Waals surface area contributed by atoms with Crippen molar-refractivity contribution in [3.63, 3.8) is 0 Å². The van der Waals surface area contributed by atoms with Crippen molar-refractivity contribution in [3.8, 4) is 0 Å². The Labute approximate surface area is 134 Å². The molecule has 128 valence electrons. The molecule has 0 radical (unpaired) electrons. The maximum atomic E-state index is 13.0. The van der Waals surface area contributed by atoms with Crippen LogP contribution in [0.25, 0.3) is 0 Å². The number of halogens is 3. The van der Waals surface area contributed by atoms with E-state index in [0.717, 1.165) is 19.2 Å². The van der Waals surface area contributed by atoms with E-state index in [-0.39, 0.29) is 18.0 Å². The highest BCUT2D eigenvalue weighted by Gasteiger charge is 2.33. The minimum atomic E-state index is -4.35. The van der Waals surface area contributed by atoms with E-state index < -0.39 is 11.7 Å². The highest BCUT2D eigenvalue weighted by molar-refractivity contribution is 5.76. The van der Waals surface area contributed by atoms with Crippen molar-refractivity contribution in [1.82, 2.24) is 15.1 Å². The number of benzene rings is 1. The van der Waals surface area contributed by atoms with Crippen molar-refractivity contribution in [2.75, 3.05) is 39.8 Å². The van der Waals surface area contributed by atoms with Gasteiger partial charge in [-0.1, -0.05) is 18.2 Å². The Morgan fingerprint density at radius 2 is 1.91 bits per heavy atom. The molecule has 1 amide bonds. The molecule has 0 aliphatic carbocycles. The van der Waals surface area contributed by atoms with Crippen molar-refractivity contribution in [2.24, 2.45) is 0 Å². The molecule has 1 saturated heterocycles. The van der Waals surface area contributed by atoms with Gasteiger partial charge in [0.05, 0.1) is 5.56 Å². The van der Waals surface area contributed by atoms with Gasteiger partial charge < -0.3 is 15.1 Å². The van der Waals surface area contributed by atoms with Gasteiger partial charge in [0, 0.05) is 45.7 Å². The van der Waals surface area contributed by atoms with E-state index in [9.17, 15) is 18.0 Å². The van der Waals surface area contributed by atoms with Crippen LogP contribution >= 0.6 is 0 Å². The average Bonchev–Trinajstić information content (AvgIpc) is 2.53. The molecular formula is C16H22F3N3O. The van der Waals surface area contributed by atoms with Crippen LogP contribution in [0.15, 0.2) is 24.3 Å². The van der Waals surface area contributed by atoms with Crippen LogP contribution < -0.4 is 5.32 Å². The van der Waals surface area contributed by atoms with Crippen LogP contribution in [0.3, 0.4) is 0 Å². The monoisotopic (exact) mass is 329 g/mol. The van der Waals surface area contributed by atoms with Crippen molar-refractivity contribution >= 4 is 5.91 Å². The Bertz CT molecular complexity index is 528. The number of amides is 1. The molecule has 0 spiro atoms. The fraction of sp³-hybridized carbons (Fsp3) is 0.562. The molecule has 0 saturated carbocycles. The second kappa shape index (κ2) is 7.79. The van der Waals surface area contributed by atoms with Gasteiger partial charge in [-0.25, -0.2) is 0 Å². The third kappa shape index (κ3) is 5.21. The fourth-order valence-electron chi connectivity index (χ4n) is 2.66. The number of hydrogen-bond donors (Lipinski definition) is 1. The van der Waals surface area contributed by atoms with Crippen LogP contribution in [0.2, 0.25) is 0 Å². The van der Waals surface area contributed by atoms with E-state index in [1.54, 1.807) is 22.9 Å². The van der Waals surface area contributed by atoms with E-state index in [2.05, 4.69) is 5.32 Å². The Kier molecular flexibility index (Phi) is 6.01. The van der Waals surface area contributed by atoms with Crippen LogP contribution in [0.5, 0.6) is 0 Å². The van der Waals surface area contributed by atoms with Gasteiger partial charge in [0.2, 0.25) is 5.91 Å². The molecular weight excluding hydrogens is 307 g/mol. The van der Waals surface area contributed by atoms with Gasteiger partial charge in [0.1, 0.15) is 0 Å². The summed E-state index contributed by atoms with van der Waals surface area (Å²) in [6.45, 7) is 3.58. The van der Waals surface area contributed by atoms with E-state index in [1.807, 2.05) is 0 Å². The molecule has 0 atom stereocenters. The van der Waals surface area contributed by atoms with Gasteiger partial charge in [-0.15, -0.1) is 0 Å². The molecule has 1 N–H and O–H groups in total. The SMILES string of the molecule is CN(CCC(=O)N1CCNCC1)Cc1ccccc1C(F)(F)F. The summed E-state index contributed by atoms with van der Waals surface area (Å²) >= 11 is 0. The molecule has 1 aliphatic rings. The molecule has 7 heteroatoms. The highest BCUT2D eigenvalue weighted by atomic mass is 19.4. The predicted octanol–water partition coefficient (Wildman–Crippen LogP) is 1.96. The lowest BCUT2D eigenvalue weighted by atomic mass is 10.1. The predicted molar refractivity (Wildman–Crippen MR) is 81.8 cm³/mol. The zero-order valence-electron chi connectivity index (χ0n) is 13.2. The second-order valence-electron chi connectivity index (χ2n) is 5.77. The highest BCUT2D eigenvalue weighted by Crippen LogP contribution is 2.32. The summed E-state index contributed by atoms with van der Waals surface area (Å²) in [5.41, 5.74) is -0.377. The summed E-state index contributed by atoms with van der Waals surface area (Å²) in [7, 11) is 1.73. The number of carbonyl (C=O) groups is 1. The Morgan fingerprint density at radius 3 is 2.57 bits per heavy atom. The molecule has 23 heavy (non-hydrogen) atoms. The Morgan fingerprint density at radius 1 is 1.26 bits per heavy atom. The Balaban J connectivity index is 1.87. The molecule has 1 fully saturated rings. The number of hydrogen-bond acceptors (Lipinski definition) is 3. The zero-order valence-corrected chi connectivity index (χ0v) is 13.2. The maximum absolute atomic E-state index is 13.0. The molecule has 0 bridgehead atoms. The molecule has 1 aromatic rings. The summed E-state index contributed by atoms with van der Waals surface area (Å²) in [6.07, 6.45) is -4.03. The number of nitrogens with one attached hydrogen (secondary N) is 1. The van der Waals surface area contributed by atoms with Crippen molar-refractivity contribution in [2.45, 2.75) is 19.1 Å². The van der Waals surface area contributed by atoms with Crippen LogP contribution in [0.4, 0.5) is 13.2 Å². The van der Waals surface area contributed by atoms with Crippen LogP contribution in [0, 0.1) is 0 Å². The van der Waals surface area contributed by atoms with Crippen LogP contribution in [-0.4, -0.2) is 55.5 Å². The number of alkyl halides is 3. The van der Waals surface area contributed by atoms with Gasteiger partial charge in [0.25, 0.3) is 0 Å². The first-order valence-corrected chi connectivity index (χ1v) is 7.70. The normalized spacial score (nSPS) is 16.0. The lowest BCUT2D eigenvalue weighted by molar-refractivity contribution is -0.138. The molecule has 4 nitrogen and oxygen atoms in total. The molecule has 1 aromatic carbocycles. The summed E-state index contributed by atoms with van der Waals surface area (Å²) in [4.78, 5) is 15.6. The minimum Gasteiger partial charge on any atom is -0.340 e. The molecule has 0 unspecified atom stereocenters. The summed E-state index contributed by atoms with van der Waals surface area (Å²) < 4.78 is 38.9. The number of carbonyl (C=O) groups excluding carboxylic acids is 1. The van der Waals surface area contributed by atoms with E-state index in [1.165, 1.54) is 12.1 Å². The second-order valence-corrected chi connectivity index (χ2v) is 5.77. The maximum Gasteiger partial charge on any atom is 0.416 e. The minimum absolute atomic E-state index is 0.0578. The summed E-state index contributed by atoms with van der Waals surface area (Å²) in [5.74, 6) is 0.0578. The fourth-order valence-corrected chi connectivity index (χ4v) is 2.66. The third-order valence-corrected chi connectivity index (χ3v) is 3.94. The van der Waals surface area contributed by atoms with Gasteiger partial charge >= 0.3 is 6.18 Å². The quantitative estimate of drug-likeness (QED) is 0.897. The van der Waals surface area contributed by atoms with Gasteiger partial charge in [-0.3, -0.25) is 4.79 Å². The summed E-state index contributed by atoms with van der Waals surface area (Å²) in [6, 6.07) is 5.57. The van der Waals surface area contributed by atoms with Crippen LogP contribution in [0.1, 0.15) is 17.5 Å². The van der Waals surface area contributed by atoms with Crippen LogP contribution in [-0.2, 0) is 17.5 Å². The van der Waals surface area contributed by atoms with E-state index in [0.29, 0.717) is 26.1 Å². The first-order valence-electron chi connectivity index (χ1n) is 7.70. The number of rotatable bonds is 5. The lowest BCUT2D eigenvalue weighted by Crippen LogP contribution is -2.47. The van der Waals surface area contributed by atoms with E-state index in [4.69, 9.17) is 0 Å². The van der Waals surface area contributed by atoms with Gasteiger partial charge in [-0.2, -0.15) is 13.2 Å². The zero-order chi connectivity index (χ0) is 16.9. The largest absolute Gasteiger partial charge is 0.416 e. The van der Waals surface area contributed by atoms with Crippen molar-refractivity contribution < 1.29 is 18.0 Å². The first-order chi connectivity index (χ1) is 10.9. The third-order valence-electron chi connectivity index (χ3n) is 3.94. The van der Waals surface area contributed by atoms with E-state index >= 15 is 0 Å². The molecule has 1 heterocycles. The lowest BCUT2D eigenvalue weighted by Gasteiger charge is -2.28. The van der Waals surface area contributed by atoms with Crippen molar-refractivity contribution in [3.05, 3.63) is 35.4 Å².